The normalized spacial score (nSPS) is 29.5. The van der Waals surface area contributed by atoms with Gasteiger partial charge in [-0.05, 0) is 49.6 Å². The Bertz CT molecular complexity index is 806. The van der Waals surface area contributed by atoms with Gasteiger partial charge in [-0.15, -0.1) is 0 Å². The summed E-state index contributed by atoms with van der Waals surface area (Å²) < 4.78 is 40.0. The molecule has 2 aliphatic heterocycles. The maximum Gasteiger partial charge on any atom is 0.243 e. The van der Waals surface area contributed by atoms with Crippen molar-refractivity contribution < 1.29 is 17.6 Å². The minimum atomic E-state index is -3.66. The van der Waals surface area contributed by atoms with Gasteiger partial charge in [0.15, 0.2) is 0 Å². The minimum absolute atomic E-state index is 0.0922. The van der Waals surface area contributed by atoms with Crippen LogP contribution in [0.2, 0.25) is 0 Å². The van der Waals surface area contributed by atoms with Gasteiger partial charge in [0.1, 0.15) is 5.82 Å². The van der Waals surface area contributed by atoms with Crippen LogP contribution < -0.4 is 5.32 Å². The van der Waals surface area contributed by atoms with E-state index >= 15 is 0 Å². The van der Waals surface area contributed by atoms with Crippen molar-refractivity contribution in [1.29, 1.82) is 0 Å². The maximum absolute atomic E-state index is 13.3. The second-order valence-corrected chi connectivity index (χ2v) is 9.82. The zero-order valence-electron chi connectivity index (χ0n) is 15.4. The number of amides is 1. The summed E-state index contributed by atoms with van der Waals surface area (Å²) in [4.78, 5) is 15.2. The van der Waals surface area contributed by atoms with Crippen LogP contribution in [0, 0.1) is 17.2 Å². The predicted molar refractivity (Wildman–Crippen MR) is 99.0 cm³/mol. The topological polar surface area (TPSA) is 69.7 Å². The standard InChI is InChI=1S/C19H26FN3O3S/c20-16-4-6-17(7-5-16)27(25,26)23-11-9-22(10-12-23)18(24)19-8-2-1-3-15(19)13-21-14-19/h4-7,15,21H,1-3,8-14H2/t15-,19+/m0/s1. The summed E-state index contributed by atoms with van der Waals surface area (Å²) in [6, 6.07) is 4.89. The van der Waals surface area contributed by atoms with Crippen molar-refractivity contribution in [3.8, 4) is 0 Å². The number of piperazine rings is 1. The van der Waals surface area contributed by atoms with Crippen molar-refractivity contribution in [3.05, 3.63) is 30.1 Å². The monoisotopic (exact) mass is 395 g/mol. The number of nitrogens with one attached hydrogen (secondary N) is 1. The number of sulfonamides is 1. The molecule has 1 aromatic rings. The molecule has 2 atom stereocenters. The highest BCUT2D eigenvalue weighted by molar-refractivity contribution is 7.89. The Morgan fingerprint density at radius 2 is 1.81 bits per heavy atom. The summed E-state index contributed by atoms with van der Waals surface area (Å²) in [6.07, 6.45) is 4.29. The van der Waals surface area contributed by atoms with Crippen LogP contribution in [0.5, 0.6) is 0 Å². The van der Waals surface area contributed by atoms with Crippen LogP contribution >= 0.6 is 0 Å². The van der Waals surface area contributed by atoms with Crippen LogP contribution in [0.4, 0.5) is 4.39 Å². The lowest BCUT2D eigenvalue weighted by Crippen LogP contribution is -2.56. The molecule has 2 saturated heterocycles. The van der Waals surface area contributed by atoms with Gasteiger partial charge in [-0.1, -0.05) is 12.8 Å². The number of rotatable bonds is 3. The first-order valence-corrected chi connectivity index (χ1v) is 11.1. The van der Waals surface area contributed by atoms with E-state index in [1.807, 2.05) is 4.90 Å². The molecule has 148 valence electrons. The van der Waals surface area contributed by atoms with Crippen molar-refractivity contribution in [2.45, 2.75) is 30.6 Å². The van der Waals surface area contributed by atoms with Gasteiger partial charge >= 0.3 is 0 Å². The molecule has 1 saturated carbocycles. The lowest BCUT2D eigenvalue weighted by atomic mass is 9.67. The molecule has 3 fully saturated rings. The number of benzene rings is 1. The number of hydrogen-bond acceptors (Lipinski definition) is 4. The number of fused-ring (bicyclic) bond motifs is 1. The van der Waals surface area contributed by atoms with Gasteiger partial charge < -0.3 is 10.2 Å². The van der Waals surface area contributed by atoms with Crippen molar-refractivity contribution in [2.75, 3.05) is 39.3 Å². The first-order chi connectivity index (χ1) is 12.9. The van der Waals surface area contributed by atoms with Crippen LogP contribution in [0.3, 0.4) is 0 Å². The van der Waals surface area contributed by atoms with Gasteiger partial charge in [-0.2, -0.15) is 4.31 Å². The highest BCUT2D eigenvalue weighted by Gasteiger charge is 2.51. The molecular weight excluding hydrogens is 369 g/mol. The van der Waals surface area contributed by atoms with Gasteiger partial charge in [0, 0.05) is 32.7 Å². The largest absolute Gasteiger partial charge is 0.340 e. The SMILES string of the molecule is O=C(N1CCN(S(=O)(=O)c2ccc(F)cc2)CC1)[C@@]12CCCC[C@H]1CNC2. The summed E-state index contributed by atoms with van der Waals surface area (Å²) in [5.74, 6) is 0.131. The van der Waals surface area contributed by atoms with E-state index in [-0.39, 0.29) is 29.3 Å². The molecule has 1 amide bonds. The van der Waals surface area contributed by atoms with Gasteiger partial charge in [0.05, 0.1) is 10.3 Å². The quantitative estimate of drug-likeness (QED) is 0.841. The summed E-state index contributed by atoms with van der Waals surface area (Å²) >= 11 is 0. The first-order valence-electron chi connectivity index (χ1n) is 9.69. The molecule has 0 radical (unpaired) electrons. The van der Waals surface area contributed by atoms with Gasteiger partial charge in [-0.3, -0.25) is 4.79 Å². The molecule has 0 unspecified atom stereocenters. The fourth-order valence-electron chi connectivity index (χ4n) is 4.87. The van der Waals surface area contributed by atoms with Crippen LogP contribution in [-0.4, -0.2) is 62.8 Å². The molecule has 1 N–H and O–H groups in total. The summed E-state index contributed by atoms with van der Waals surface area (Å²) in [6.45, 7) is 3.02. The van der Waals surface area contributed by atoms with E-state index < -0.39 is 15.8 Å². The summed E-state index contributed by atoms with van der Waals surface area (Å²) in [5.41, 5.74) is -0.295. The van der Waals surface area contributed by atoms with Crippen molar-refractivity contribution in [2.24, 2.45) is 11.3 Å². The average Bonchev–Trinajstić information content (AvgIpc) is 3.13. The van der Waals surface area contributed by atoms with E-state index in [2.05, 4.69) is 5.32 Å². The molecule has 1 aromatic carbocycles. The molecule has 0 spiro atoms. The van der Waals surface area contributed by atoms with Crippen molar-refractivity contribution in [1.82, 2.24) is 14.5 Å². The lowest BCUT2D eigenvalue weighted by molar-refractivity contribution is -0.146. The number of nitrogens with zero attached hydrogens (tertiary/aromatic N) is 2. The number of carbonyl (C=O) groups excluding carboxylic acids is 1. The molecular formula is C19H26FN3O3S. The van der Waals surface area contributed by atoms with Gasteiger partial charge in [-0.25, -0.2) is 12.8 Å². The molecule has 0 aromatic heterocycles. The summed E-state index contributed by atoms with van der Waals surface area (Å²) in [5, 5.41) is 3.40. The van der Waals surface area contributed by atoms with Gasteiger partial charge in [0.25, 0.3) is 0 Å². The van der Waals surface area contributed by atoms with Crippen LogP contribution in [-0.2, 0) is 14.8 Å². The van der Waals surface area contributed by atoms with E-state index in [9.17, 15) is 17.6 Å². The fourth-order valence-corrected chi connectivity index (χ4v) is 6.29. The molecule has 3 aliphatic rings. The van der Waals surface area contributed by atoms with Gasteiger partial charge in [0.2, 0.25) is 15.9 Å². The molecule has 0 bridgehead atoms. The predicted octanol–water partition coefficient (Wildman–Crippen LogP) is 1.44. The van der Waals surface area contributed by atoms with E-state index in [1.54, 1.807) is 0 Å². The number of hydrogen-bond donors (Lipinski definition) is 1. The third kappa shape index (κ3) is 3.28. The first kappa shape index (κ1) is 18.8. The number of carbonyl (C=O) groups is 1. The smallest absolute Gasteiger partial charge is 0.243 e. The molecule has 6 nitrogen and oxygen atoms in total. The minimum Gasteiger partial charge on any atom is -0.340 e. The third-order valence-electron chi connectivity index (χ3n) is 6.44. The fraction of sp³-hybridized carbons (Fsp3) is 0.632. The zero-order chi connectivity index (χ0) is 19.1. The molecule has 1 aliphatic carbocycles. The van der Waals surface area contributed by atoms with Crippen LogP contribution in [0.1, 0.15) is 25.7 Å². The molecule has 8 heteroatoms. The van der Waals surface area contributed by atoms with E-state index in [0.717, 1.165) is 44.5 Å². The molecule has 4 rings (SSSR count). The van der Waals surface area contributed by atoms with Crippen LogP contribution in [0.25, 0.3) is 0 Å². The number of halogens is 1. The van der Waals surface area contributed by atoms with E-state index in [1.165, 1.54) is 22.9 Å². The summed E-state index contributed by atoms with van der Waals surface area (Å²) in [7, 11) is -3.66. The van der Waals surface area contributed by atoms with Crippen molar-refractivity contribution in [3.63, 3.8) is 0 Å². The highest BCUT2D eigenvalue weighted by Crippen LogP contribution is 2.45. The van der Waals surface area contributed by atoms with Crippen LogP contribution in [0.15, 0.2) is 29.2 Å². The second kappa shape index (κ2) is 7.14. The average molecular weight is 396 g/mol. The Morgan fingerprint density at radius 3 is 2.52 bits per heavy atom. The Hall–Kier alpha value is -1.51. The molecule has 2 heterocycles. The van der Waals surface area contributed by atoms with E-state index in [0.29, 0.717) is 19.0 Å². The Balaban J connectivity index is 1.44. The van der Waals surface area contributed by atoms with Crippen molar-refractivity contribution >= 4 is 15.9 Å². The Labute approximate surface area is 159 Å². The Kier molecular flexibility index (Phi) is 4.98. The lowest BCUT2D eigenvalue weighted by Gasteiger charge is -2.43. The Morgan fingerprint density at radius 1 is 1.11 bits per heavy atom. The second-order valence-electron chi connectivity index (χ2n) is 7.88. The zero-order valence-corrected chi connectivity index (χ0v) is 16.2. The maximum atomic E-state index is 13.3. The third-order valence-corrected chi connectivity index (χ3v) is 8.35. The molecule has 27 heavy (non-hydrogen) atoms. The highest BCUT2D eigenvalue weighted by atomic mass is 32.2. The van der Waals surface area contributed by atoms with E-state index in [4.69, 9.17) is 0 Å².